The van der Waals surface area contributed by atoms with Gasteiger partial charge in [-0.2, -0.15) is 13.2 Å². The second-order valence-electron chi connectivity index (χ2n) is 7.76. The van der Waals surface area contributed by atoms with Gasteiger partial charge in [0.05, 0.1) is 29.7 Å². The van der Waals surface area contributed by atoms with Gasteiger partial charge in [-0.05, 0) is 50.2 Å². The summed E-state index contributed by atoms with van der Waals surface area (Å²) >= 11 is 0. The maximum Gasteiger partial charge on any atom is 0.416 e. The normalized spacial score (nSPS) is 19.1. The molecule has 0 radical (unpaired) electrons. The number of ether oxygens (including phenoxy) is 1. The van der Waals surface area contributed by atoms with E-state index in [1.165, 1.54) is 18.2 Å². The van der Waals surface area contributed by atoms with Gasteiger partial charge in [0, 0.05) is 18.7 Å². The number of hydrogen-bond acceptors (Lipinski definition) is 5. The summed E-state index contributed by atoms with van der Waals surface area (Å²) in [4.78, 5) is 19.1. The Balaban J connectivity index is 1.41. The van der Waals surface area contributed by atoms with E-state index in [0.717, 1.165) is 31.0 Å². The number of rotatable bonds is 4. The number of carbonyl (C=O) groups is 1. The lowest BCUT2D eigenvalue weighted by molar-refractivity contribution is -0.137. The molecule has 3 aromatic rings. The largest absolute Gasteiger partial charge is 0.451 e. The van der Waals surface area contributed by atoms with Crippen LogP contribution in [0.1, 0.15) is 30.0 Å². The average Bonchev–Trinajstić information content (AvgIpc) is 3.23. The molecule has 32 heavy (non-hydrogen) atoms. The van der Waals surface area contributed by atoms with Gasteiger partial charge < -0.3 is 19.4 Å². The highest BCUT2D eigenvalue weighted by molar-refractivity contribution is 6.02. The smallest absolute Gasteiger partial charge is 0.416 e. The van der Waals surface area contributed by atoms with Crippen molar-refractivity contribution in [2.45, 2.75) is 32.2 Å². The molecule has 168 valence electrons. The standard InChI is InChI=1S/C23H22F3N3O3/c1-14-12-29(13-15(2)31-14)21-10-7-18(11-27-21)28-22(30)20-9-8-19(32-20)16-3-5-17(6-4-16)23(24,25)26/h3-11,14-15H,12-13H2,1-2H3,(H,28,30)/t14-,15+. The maximum atomic E-state index is 12.7. The minimum atomic E-state index is -4.41. The van der Waals surface area contributed by atoms with Gasteiger partial charge in [-0.15, -0.1) is 0 Å². The lowest BCUT2D eigenvalue weighted by atomic mass is 10.1. The highest BCUT2D eigenvalue weighted by Gasteiger charge is 2.30. The highest BCUT2D eigenvalue weighted by atomic mass is 19.4. The first-order valence-electron chi connectivity index (χ1n) is 10.1. The Bertz CT molecular complexity index is 1070. The van der Waals surface area contributed by atoms with E-state index in [4.69, 9.17) is 9.15 Å². The van der Waals surface area contributed by atoms with E-state index in [9.17, 15) is 18.0 Å². The molecule has 2 aromatic heterocycles. The van der Waals surface area contributed by atoms with Crippen LogP contribution in [0.5, 0.6) is 0 Å². The fraction of sp³-hybridized carbons (Fsp3) is 0.304. The second-order valence-corrected chi connectivity index (χ2v) is 7.76. The van der Waals surface area contributed by atoms with Crippen molar-refractivity contribution in [2.24, 2.45) is 0 Å². The van der Waals surface area contributed by atoms with Crippen molar-refractivity contribution in [3.8, 4) is 11.3 Å². The lowest BCUT2D eigenvalue weighted by Gasteiger charge is -2.36. The van der Waals surface area contributed by atoms with Crippen LogP contribution in [-0.4, -0.2) is 36.2 Å². The number of hydrogen-bond donors (Lipinski definition) is 1. The zero-order valence-electron chi connectivity index (χ0n) is 17.5. The van der Waals surface area contributed by atoms with Crippen molar-refractivity contribution in [1.82, 2.24) is 4.98 Å². The van der Waals surface area contributed by atoms with E-state index in [1.807, 2.05) is 19.9 Å². The summed E-state index contributed by atoms with van der Waals surface area (Å²) < 4.78 is 49.4. The Hall–Kier alpha value is -3.33. The third kappa shape index (κ3) is 4.94. The second kappa shape index (κ2) is 8.66. The van der Waals surface area contributed by atoms with Crippen molar-refractivity contribution < 1.29 is 27.1 Å². The first-order chi connectivity index (χ1) is 15.2. The van der Waals surface area contributed by atoms with Crippen molar-refractivity contribution in [1.29, 1.82) is 0 Å². The predicted octanol–water partition coefficient (Wildman–Crippen LogP) is 5.23. The first kappa shape index (κ1) is 21.9. The molecule has 1 N–H and O–H groups in total. The van der Waals surface area contributed by atoms with Crippen molar-refractivity contribution in [2.75, 3.05) is 23.3 Å². The monoisotopic (exact) mass is 445 g/mol. The molecule has 6 nitrogen and oxygen atoms in total. The Morgan fingerprint density at radius 1 is 1.03 bits per heavy atom. The van der Waals surface area contributed by atoms with Crippen LogP contribution in [0.4, 0.5) is 24.7 Å². The number of halogens is 3. The van der Waals surface area contributed by atoms with Gasteiger partial charge in [0.1, 0.15) is 11.6 Å². The fourth-order valence-corrected chi connectivity index (χ4v) is 3.64. The summed E-state index contributed by atoms with van der Waals surface area (Å²) in [7, 11) is 0. The fourth-order valence-electron chi connectivity index (χ4n) is 3.64. The zero-order chi connectivity index (χ0) is 22.9. The van der Waals surface area contributed by atoms with Crippen LogP contribution in [0.2, 0.25) is 0 Å². The van der Waals surface area contributed by atoms with E-state index >= 15 is 0 Å². The number of morpholine rings is 1. The lowest BCUT2D eigenvalue weighted by Crippen LogP contribution is -2.45. The summed E-state index contributed by atoms with van der Waals surface area (Å²) in [5.41, 5.74) is 0.195. The molecule has 3 heterocycles. The molecule has 0 unspecified atom stereocenters. The number of carbonyl (C=O) groups excluding carboxylic acids is 1. The van der Waals surface area contributed by atoms with Crippen LogP contribution >= 0.6 is 0 Å². The maximum absolute atomic E-state index is 12.7. The molecule has 2 atom stereocenters. The molecule has 1 aromatic carbocycles. The molecule has 1 amide bonds. The zero-order valence-corrected chi connectivity index (χ0v) is 17.5. The van der Waals surface area contributed by atoms with Gasteiger partial charge in [-0.25, -0.2) is 4.98 Å². The van der Waals surface area contributed by atoms with E-state index in [0.29, 0.717) is 17.0 Å². The molecule has 1 aliphatic heterocycles. The number of anilines is 2. The molecule has 0 aliphatic carbocycles. The third-order valence-electron chi connectivity index (χ3n) is 5.08. The molecule has 0 spiro atoms. The van der Waals surface area contributed by atoms with Crippen LogP contribution in [0, 0.1) is 0 Å². The number of nitrogens with one attached hydrogen (secondary N) is 1. The van der Waals surface area contributed by atoms with Gasteiger partial charge >= 0.3 is 6.18 Å². The minimum absolute atomic E-state index is 0.0415. The van der Waals surface area contributed by atoms with Gasteiger partial charge in [-0.3, -0.25) is 4.79 Å². The number of alkyl halides is 3. The van der Waals surface area contributed by atoms with Crippen molar-refractivity contribution >= 4 is 17.4 Å². The summed E-state index contributed by atoms with van der Waals surface area (Å²) in [6.07, 6.45) is -2.62. The minimum Gasteiger partial charge on any atom is -0.451 e. The number of nitrogens with zero attached hydrogens (tertiary/aromatic N) is 2. The van der Waals surface area contributed by atoms with Crippen molar-refractivity contribution in [3.63, 3.8) is 0 Å². The number of pyridine rings is 1. The Morgan fingerprint density at radius 2 is 1.72 bits per heavy atom. The van der Waals surface area contributed by atoms with E-state index in [-0.39, 0.29) is 18.0 Å². The van der Waals surface area contributed by atoms with Crippen LogP contribution < -0.4 is 10.2 Å². The van der Waals surface area contributed by atoms with E-state index < -0.39 is 17.6 Å². The highest BCUT2D eigenvalue weighted by Crippen LogP contribution is 2.31. The summed E-state index contributed by atoms with van der Waals surface area (Å²) in [6, 6.07) is 11.2. The van der Waals surface area contributed by atoms with Crippen LogP contribution in [0.25, 0.3) is 11.3 Å². The van der Waals surface area contributed by atoms with Crippen LogP contribution in [0.15, 0.2) is 59.1 Å². The summed E-state index contributed by atoms with van der Waals surface area (Å²) in [5.74, 6) is 0.659. The molecule has 1 saturated heterocycles. The predicted molar refractivity (Wildman–Crippen MR) is 114 cm³/mol. The first-order valence-corrected chi connectivity index (χ1v) is 10.1. The SMILES string of the molecule is C[C@@H]1CN(c2ccc(NC(=O)c3ccc(-c4ccc(C(F)(F)F)cc4)o3)cn2)C[C@H](C)O1. The topological polar surface area (TPSA) is 67.6 Å². The molecule has 1 aliphatic rings. The molecule has 4 rings (SSSR count). The molecular formula is C23H22F3N3O3. The van der Waals surface area contributed by atoms with Gasteiger partial charge in [0.15, 0.2) is 5.76 Å². The van der Waals surface area contributed by atoms with Crippen LogP contribution in [-0.2, 0) is 10.9 Å². The molecule has 1 fully saturated rings. The van der Waals surface area contributed by atoms with E-state index in [2.05, 4.69) is 15.2 Å². The van der Waals surface area contributed by atoms with E-state index in [1.54, 1.807) is 18.3 Å². The number of amides is 1. The third-order valence-corrected chi connectivity index (χ3v) is 5.08. The van der Waals surface area contributed by atoms with Crippen molar-refractivity contribution in [3.05, 3.63) is 66.1 Å². The molecule has 0 saturated carbocycles. The van der Waals surface area contributed by atoms with Gasteiger partial charge in [-0.1, -0.05) is 12.1 Å². The summed E-state index contributed by atoms with van der Waals surface area (Å²) in [6.45, 7) is 5.50. The number of furan rings is 1. The average molecular weight is 445 g/mol. The summed E-state index contributed by atoms with van der Waals surface area (Å²) in [5, 5.41) is 2.71. The Morgan fingerprint density at radius 3 is 2.31 bits per heavy atom. The number of aromatic nitrogens is 1. The van der Waals surface area contributed by atoms with Crippen LogP contribution in [0.3, 0.4) is 0 Å². The quantitative estimate of drug-likeness (QED) is 0.596. The Kier molecular flexibility index (Phi) is 5.92. The molecule has 0 bridgehead atoms. The Labute approximate surface area is 183 Å². The molecule has 9 heteroatoms. The number of benzene rings is 1. The molecular weight excluding hydrogens is 423 g/mol. The van der Waals surface area contributed by atoms with Gasteiger partial charge in [0.2, 0.25) is 0 Å². The van der Waals surface area contributed by atoms with Gasteiger partial charge in [0.25, 0.3) is 5.91 Å².